The topological polar surface area (TPSA) is 18.5 Å². The summed E-state index contributed by atoms with van der Waals surface area (Å²) in [5.74, 6) is 0.0594. The van der Waals surface area contributed by atoms with Crippen LogP contribution in [-0.2, 0) is 31.9 Å². The Balaban J connectivity index is 1.37. The molecular weight excluding hydrogens is 536 g/mol. The molecule has 4 aliphatic heterocycles. The third-order valence-corrected chi connectivity index (χ3v) is 11.8. The summed E-state index contributed by atoms with van der Waals surface area (Å²) in [6.07, 6.45) is 4.79. The zero-order valence-electron chi connectivity index (χ0n) is 24.7. The number of ether oxygens (including phenoxy) is 2. The zero-order chi connectivity index (χ0) is 29.1. The van der Waals surface area contributed by atoms with Gasteiger partial charge in [-0.2, -0.15) is 0 Å². The zero-order valence-corrected chi connectivity index (χ0v) is 24.7. The number of hydrogen-bond acceptors (Lipinski definition) is 2. The monoisotopic (exact) mass is 566 g/mol. The van der Waals surface area contributed by atoms with Gasteiger partial charge in [-0.05, 0) is 75.4 Å². The standard InChI is InChI=1S/C42H30O2/c1-25-13-18-29(19-14-25)39-23-24-40(43-39)32-11-5-8-28-9-6-12-33(35(28)32)42-36-31-10-4-3-7-27(31)17-22-34(36)41(44-42,37(39)38(40)42)30-20-15-26(2)16-21-30/h3-24,37-38H,1-2H3/t37-,38+,39-,40+,41-,42+/m1/s1. The van der Waals surface area contributed by atoms with Crippen molar-refractivity contribution in [1.82, 2.24) is 0 Å². The Morgan fingerprint density at radius 3 is 1.89 bits per heavy atom. The number of benzene rings is 6. The van der Waals surface area contributed by atoms with Crippen LogP contribution in [-0.4, -0.2) is 0 Å². The first kappa shape index (κ1) is 23.9. The molecule has 2 fully saturated rings. The Morgan fingerprint density at radius 2 is 1.11 bits per heavy atom. The van der Waals surface area contributed by atoms with E-state index in [1.165, 1.54) is 66.1 Å². The highest BCUT2D eigenvalue weighted by molar-refractivity contribution is 5.97. The molecule has 6 atom stereocenters. The largest absolute Gasteiger partial charge is 0.350 e. The molecule has 0 unspecified atom stereocenters. The molecule has 2 nitrogen and oxygen atoms in total. The van der Waals surface area contributed by atoms with Crippen molar-refractivity contribution < 1.29 is 9.47 Å². The van der Waals surface area contributed by atoms with Crippen LogP contribution in [0, 0.1) is 25.7 Å². The SMILES string of the molecule is Cc1ccc([C@@]23O[C@]4(c5c2ccc2ccccc52)c2cccc5cccc(c25)[C@]25C=C[C@](c6ccc(C)cc6)(O2)[C@H]3[C@H]45)cc1. The highest BCUT2D eigenvalue weighted by atomic mass is 16.6. The normalized spacial score (nSPS) is 32.9. The minimum atomic E-state index is -0.709. The third-order valence-electron chi connectivity index (χ3n) is 11.8. The molecule has 0 radical (unpaired) electrons. The van der Waals surface area contributed by atoms with Crippen molar-refractivity contribution in [3.8, 4) is 0 Å². The summed E-state index contributed by atoms with van der Waals surface area (Å²) >= 11 is 0. The molecular formula is C42H30O2. The van der Waals surface area contributed by atoms with E-state index in [0.717, 1.165) is 0 Å². The van der Waals surface area contributed by atoms with Crippen molar-refractivity contribution in [1.29, 1.82) is 0 Å². The molecule has 0 saturated carbocycles. The van der Waals surface area contributed by atoms with E-state index < -0.39 is 22.4 Å². The van der Waals surface area contributed by atoms with E-state index in [1.807, 2.05) is 0 Å². The smallest absolute Gasteiger partial charge is 0.128 e. The number of fused-ring (bicyclic) bond motifs is 8. The molecule has 0 N–H and O–H groups in total. The Kier molecular flexibility index (Phi) is 4.02. The van der Waals surface area contributed by atoms with Gasteiger partial charge in [-0.1, -0.05) is 132 Å². The molecule has 4 heterocycles. The first-order valence-electron chi connectivity index (χ1n) is 15.8. The van der Waals surface area contributed by atoms with Crippen LogP contribution in [0.3, 0.4) is 0 Å². The molecule has 6 aromatic carbocycles. The van der Waals surface area contributed by atoms with Gasteiger partial charge >= 0.3 is 0 Å². The van der Waals surface area contributed by atoms with Crippen LogP contribution in [0.25, 0.3) is 21.5 Å². The second-order valence-electron chi connectivity index (χ2n) is 13.7. The quantitative estimate of drug-likeness (QED) is 0.195. The lowest BCUT2D eigenvalue weighted by atomic mass is 9.48. The summed E-state index contributed by atoms with van der Waals surface area (Å²) in [7, 11) is 0. The second-order valence-corrected chi connectivity index (χ2v) is 13.7. The fraction of sp³-hybridized carbons (Fsp3) is 0.190. The Bertz CT molecular complexity index is 2280. The average molecular weight is 567 g/mol. The van der Waals surface area contributed by atoms with E-state index in [-0.39, 0.29) is 11.8 Å². The average Bonchev–Trinajstić information content (AvgIpc) is 3.79. The summed E-state index contributed by atoms with van der Waals surface area (Å²) in [4.78, 5) is 0. The molecule has 2 spiro atoms. The number of aryl methyl sites for hydroxylation is 2. The van der Waals surface area contributed by atoms with Gasteiger partial charge in [0.15, 0.2) is 0 Å². The van der Waals surface area contributed by atoms with Gasteiger partial charge in [-0.25, -0.2) is 0 Å². The lowest BCUT2D eigenvalue weighted by molar-refractivity contribution is -0.147. The Hall–Kier alpha value is -4.50. The molecule has 0 amide bonds. The molecule has 11 rings (SSSR count). The summed E-state index contributed by atoms with van der Waals surface area (Å²) in [5, 5.41) is 5.04. The van der Waals surface area contributed by atoms with Gasteiger partial charge in [0.25, 0.3) is 0 Å². The predicted molar refractivity (Wildman–Crippen MR) is 173 cm³/mol. The van der Waals surface area contributed by atoms with Gasteiger partial charge in [-0.3, -0.25) is 0 Å². The third kappa shape index (κ3) is 2.33. The van der Waals surface area contributed by atoms with Crippen molar-refractivity contribution in [2.24, 2.45) is 11.8 Å². The lowest BCUT2D eigenvalue weighted by Crippen LogP contribution is -2.52. The Labute approximate surface area is 256 Å². The predicted octanol–water partition coefficient (Wildman–Crippen LogP) is 9.08. The molecule has 0 aromatic heterocycles. The van der Waals surface area contributed by atoms with Crippen LogP contribution in [0.5, 0.6) is 0 Å². The van der Waals surface area contributed by atoms with Crippen LogP contribution in [0.1, 0.15) is 44.5 Å². The highest BCUT2D eigenvalue weighted by Crippen LogP contribution is 2.83. The maximum absolute atomic E-state index is 8.06. The fourth-order valence-electron chi connectivity index (χ4n) is 10.3. The second kappa shape index (κ2) is 7.41. The van der Waals surface area contributed by atoms with E-state index >= 15 is 0 Å². The van der Waals surface area contributed by atoms with Crippen molar-refractivity contribution in [2.45, 2.75) is 36.3 Å². The molecule has 4 bridgehead atoms. The van der Waals surface area contributed by atoms with Crippen LogP contribution < -0.4 is 0 Å². The van der Waals surface area contributed by atoms with E-state index in [4.69, 9.17) is 9.47 Å². The molecule has 2 heteroatoms. The van der Waals surface area contributed by atoms with Gasteiger partial charge in [0.05, 0.1) is 0 Å². The summed E-state index contributed by atoms with van der Waals surface area (Å²) < 4.78 is 15.8. The maximum Gasteiger partial charge on any atom is 0.128 e. The number of hydrogen-bond donors (Lipinski definition) is 0. The number of rotatable bonds is 2. The summed E-state index contributed by atoms with van der Waals surface area (Å²) in [6, 6.07) is 45.2. The molecule has 1 aliphatic carbocycles. The van der Waals surface area contributed by atoms with Crippen LogP contribution in [0.4, 0.5) is 0 Å². The molecule has 2 saturated heterocycles. The van der Waals surface area contributed by atoms with Gasteiger partial charge in [0, 0.05) is 17.4 Å². The van der Waals surface area contributed by atoms with E-state index in [9.17, 15) is 0 Å². The maximum atomic E-state index is 8.06. The first-order chi connectivity index (χ1) is 21.5. The van der Waals surface area contributed by atoms with E-state index in [2.05, 4.69) is 147 Å². The molecule has 6 aromatic rings. The summed E-state index contributed by atoms with van der Waals surface area (Å²) in [6.45, 7) is 4.32. The van der Waals surface area contributed by atoms with Crippen molar-refractivity contribution >= 4 is 21.5 Å². The lowest BCUT2D eigenvalue weighted by Gasteiger charge is -2.49. The van der Waals surface area contributed by atoms with E-state index in [1.54, 1.807) is 0 Å². The van der Waals surface area contributed by atoms with Crippen LogP contribution in [0.15, 0.2) is 133 Å². The van der Waals surface area contributed by atoms with Gasteiger partial charge in [-0.15, -0.1) is 0 Å². The molecule has 210 valence electrons. The van der Waals surface area contributed by atoms with Crippen molar-refractivity contribution in [3.05, 3.63) is 178 Å². The van der Waals surface area contributed by atoms with Crippen LogP contribution >= 0.6 is 0 Å². The molecule has 5 aliphatic rings. The van der Waals surface area contributed by atoms with Gasteiger partial charge in [0.2, 0.25) is 0 Å². The molecule has 44 heavy (non-hydrogen) atoms. The van der Waals surface area contributed by atoms with Gasteiger partial charge < -0.3 is 9.47 Å². The highest BCUT2D eigenvalue weighted by Gasteiger charge is 2.86. The minimum Gasteiger partial charge on any atom is -0.350 e. The minimum absolute atomic E-state index is 0.0164. The Morgan fingerprint density at radius 1 is 0.477 bits per heavy atom. The van der Waals surface area contributed by atoms with E-state index in [0.29, 0.717) is 0 Å². The summed E-state index contributed by atoms with van der Waals surface area (Å²) in [5.41, 5.74) is 7.39. The van der Waals surface area contributed by atoms with Crippen molar-refractivity contribution in [2.75, 3.05) is 0 Å². The van der Waals surface area contributed by atoms with Crippen molar-refractivity contribution in [3.63, 3.8) is 0 Å². The fourth-order valence-corrected chi connectivity index (χ4v) is 10.3. The van der Waals surface area contributed by atoms with Gasteiger partial charge in [0.1, 0.15) is 22.4 Å². The van der Waals surface area contributed by atoms with Crippen LogP contribution in [0.2, 0.25) is 0 Å². The first-order valence-corrected chi connectivity index (χ1v) is 15.8.